The van der Waals surface area contributed by atoms with Gasteiger partial charge >= 0.3 is 0 Å². The smallest absolute Gasteiger partial charge is 0.215 e. The molecule has 0 atom stereocenters. The van der Waals surface area contributed by atoms with E-state index in [0.29, 0.717) is 19.3 Å². The molecule has 0 aliphatic rings. The van der Waals surface area contributed by atoms with E-state index in [4.69, 9.17) is 0 Å². The van der Waals surface area contributed by atoms with Gasteiger partial charge in [-0.05, 0) is 11.1 Å². The molecular formula is C21H25N2OP. The van der Waals surface area contributed by atoms with Crippen molar-refractivity contribution >= 4 is 19.6 Å². The van der Waals surface area contributed by atoms with Crippen molar-refractivity contribution in [1.29, 1.82) is 0 Å². The van der Waals surface area contributed by atoms with E-state index >= 15 is 0 Å². The summed E-state index contributed by atoms with van der Waals surface area (Å²) in [7, 11) is -2.68. The number of benzene rings is 2. The Hall–Kier alpha value is -2.19. The zero-order chi connectivity index (χ0) is 17.8. The van der Waals surface area contributed by atoms with Gasteiger partial charge in [0.05, 0.1) is 0 Å². The Kier molecular flexibility index (Phi) is 8.14. The van der Waals surface area contributed by atoms with E-state index in [-0.39, 0.29) is 0 Å². The first-order chi connectivity index (χ1) is 12.2. The SMILES string of the molecule is C=CCP(=O)(NC/C=C/c1ccccc1)NC/C=C/c1ccccc1. The topological polar surface area (TPSA) is 41.1 Å². The maximum absolute atomic E-state index is 12.9. The summed E-state index contributed by atoms with van der Waals surface area (Å²) in [5.74, 6) is 0. The summed E-state index contributed by atoms with van der Waals surface area (Å²) >= 11 is 0. The summed E-state index contributed by atoms with van der Waals surface area (Å²) in [5, 5.41) is 6.24. The predicted molar refractivity (Wildman–Crippen MR) is 110 cm³/mol. The fraction of sp³-hybridized carbons (Fsp3) is 0.143. The second kappa shape index (κ2) is 10.6. The molecule has 2 aromatic carbocycles. The highest BCUT2D eigenvalue weighted by molar-refractivity contribution is 7.60. The molecule has 0 aliphatic carbocycles. The van der Waals surface area contributed by atoms with E-state index in [1.165, 1.54) is 0 Å². The first kappa shape index (κ1) is 19.1. The lowest BCUT2D eigenvalue weighted by Gasteiger charge is -2.17. The van der Waals surface area contributed by atoms with Crippen LogP contribution in [0.1, 0.15) is 11.1 Å². The molecule has 25 heavy (non-hydrogen) atoms. The molecule has 0 heterocycles. The van der Waals surface area contributed by atoms with Gasteiger partial charge in [0.25, 0.3) is 0 Å². The van der Waals surface area contributed by atoms with Gasteiger partial charge in [0.2, 0.25) is 7.44 Å². The molecule has 2 aromatic rings. The summed E-state index contributed by atoms with van der Waals surface area (Å²) in [6.45, 7) is 4.78. The lowest BCUT2D eigenvalue weighted by molar-refractivity contribution is 0.560. The summed E-state index contributed by atoms with van der Waals surface area (Å²) in [6.07, 6.45) is 10.1. The standard InChI is InChI=1S/C21H25N2OP/c1-2-19-25(24,22-17-9-15-20-11-5-3-6-12-20)23-18-10-16-21-13-7-4-8-14-21/h2-16H,1,17-19H2,(H2,22,23,24)/b15-9+,16-10+. The second-order valence-electron chi connectivity index (χ2n) is 5.56. The van der Waals surface area contributed by atoms with Crippen LogP contribution in [0.4, 0.5) is 0 Å². The van der Waals surface area contributed by atoms with Crippen LogP contribution in [0.25, 0.3) is 12.2 Å². The molecule has 4 heteroatoms. The minimum atomic E-state index is -2.68. The Morgan fingerprint density at radius 1 is 0.800 bits per heavy atom. The molecule has 0 aliphatic heterocycles. The van der Waals surface area contributed by atoms with E-state index in [2.05, 4.69) is 16.8 Å². The molecule has 0 amide bonds. The minimum Gasteiger partial charge on any atom is -0.289 e. The van der Waals surface area contributed by atoms with Crippen molar-refractivity contribution in [3.05, 3.63) is 96.6 Å². The fourth-order valence-corrected chi connectivity index (χ4v) is 3.82. The Labute approximate surface area is 150 Å². The third kappa shape index (κ3) is 7.49. The molecule has 2 rings (SSSR count). The van der Waals surface area contributed by atoms with Gasteiger partial charge < -0.3 is 0 Å². The summed E-state index contributed by atoms with van der Waals surface area (Å²) in [6, 6.07) is 20.1. The van der Waals surface area contributed by atoms with Crippen LogP contribution in [0.15, 0.2) is 85.5 Å². The summed E-state index contributed by atoms with van der Waals surface area (Å²) in [4.78, 5) is 0. The van der Waals surface area contributed by atoms with Crippen LogP contribution in [-0.2, 0) is 4.57 Å². The third-order valence-electron chi connectivity index (χ3n) is 3.54. The van der Waals surface area contributed by atoms with Crippen LogP contribution in [-0.4, -0.2) is 19.3 Å². The normalized spacial score (nSPS) is 12.0. The van der Waals surface area contributed by atoms with Crippen LogP contribution in [0.3, 0.4) is 0 Å². The quantitative estimate of drug-likeness (QED) is 0.468. The Bertz CT molecular complexity index is 682. The molecule has 130 valence electrons. The molecule has 0 unspecified atom stereocenters. The average molecular weight is 352 g/mol. The fourth-order valence-electron chi connectivity index (χ4n) is 2.29. The second-order valence-corrected chi connectivity index (χ2v) is 8.04. The maximum Gasteiger partial charge on any atom is 0.215 e. The number of hydrogen-bond donors (Lipinski definition) is 2. The molecule has 3 nitrogen and oxygen atoms in total. The Morgan fingerprint density at radius 3 is 1.64 bits per heavy atom. The number of allylic oxidation sites excluding steroid dienone is 1. The number of nitrogens with one attached hydrogen (secondary N) is 2. The highest BCUT2D eigenvalue weighted by atomic mass is 31.2. The van der Waals surface area contributed by atoms with Crippen molar-refractivity contribution in [3.8, 4) is 0 Å². The molecule has 0 fully saturated rings. The Balaban J connectivity index is 1.82. The lowest BCUT2D eigenvalue weighted by Crippen LogP contribution is -2.24. The van der Waals surface area contributed by atoms with E-state index in [0.717, 1.165) is 11.1 Å². The van der Waals surface area contributed by atoms with E-state index in [1.807, 2.05) is 85.0 Å². The van der Waals surface area contributed by atoms with E-state index < -0.39 is 7.44 Å². The molecule has 0 bridgehead atoms. The van der Waals surface area contributed by atoms with Crippen molar-refractivity contribution in [3.63, 3.8) is 0 Å². The first-order valence-corrected chi connectivity index (χ1v) is 10.2. The third-order valence-corrected chi connectivity index (χ3v) is 5.69. The van der Waals surface area contributed by atoms with Gasteiger partial charge in [0.1, 0.15) is 0 Å². The van der Waals surface area contributed by atoms with Crippen LogP contribution in [0.5, 0.6) is 0 Å². The predicted octanol–water partition coefficient (Wildman–Crippen LogP) is 4.97. The van der Waals surface area contributed by atoms with Crippen LogP contribution >= 0.6 is 7.44 Å². The Morgan fingerprint density at radius 2 is 1.24 bits per heavy atom. The van der Waals surface area contributed by atoms with Crippen LogP contribution < -0.4 is 10.2 Å². The highest BCUT2D eigenvalue weighted by Gasteiger charge is 2.16. The molecular weight excluding hydrogens is 327 g/mol. The highest BCUT2D eigenvalue weighted by Crippen LogP contribution is 2.35. The van der Waals surface area contributed by atoms with Crippen molar-refractivity contribution in [2.45, 2.75) is 0 Å². The van der Waals surface area contributed by atoms with Crippen LogP contribution in [0.2, 0.25) is 0 Å². The summed E-state index contributed by atoms with van der Waals surface area (Å²) in [5.41, 5.74) is 2.25. The van der Waals surface area contributed by atoms with Gasteiger partial charge in [-0.25, -0.2) is 0 Å². The van der Waals surface area contributed by atoms with Gasteiger partial charge in [0.15, 0.2) is 0 Å². The molecule has 2 N–H and O–H groups in total. The van der Waals surface area contributed by atoms with E-state index in [9.17, 15) is 4.57 Å². The van der Waals surface area contributed by atoms with Gasteiger partial charge in [-0.2, -0.15) is 0 Å². The maximum atomic E-state index is 12.9. The number of rotatable bonds is 10. The van der Waals surface area contributed by atoms with Gasteiger partial charge in [-0.1, -0.05) is 91.0 Å². The van der Waals surface area contributed by atoms with Crippen molar-refractivity contribution in [2.75, 3.05) is 19.3 Å². The molecule has 0 aromatic heterocycles. The molecule has 0 saturated carbocycles. The monoisotopic (exact) mass is 352 g/mol. The molecule has 0 radical (unpaired) electrons. The molecule has 0 saturated heterocycles. The van der Waals surface area contributed by atoms with Gasteiger partial charge in [-0.3, -0.25) is 14.7 Å². The molecule has 0 spiro atoms. The number of hydrogen-bond acceptors (Lipinski definition) is 1. The van der Waals surface area contributed by atoms with Crippen molar-refractivity contribution in [1.82, 2.24) is 10.2 Å². The largest absolute Gasteiger partial charge is 0.289 e. The lowest BCUT2D eigenvalue weighted by atomic mass is 10.2. The zero-order valence-corrected chi connectivity index (χ0v) is 15.2. The van der Waals surface area contributed by atoms with Gasteiger partial charge in [0, 0.05) is 19.3 Å². The summed E-state index contributed by atoms with van der Waals surface area (Å²) < 4.78 is 12.9. The van der Waals surface area contributed by atoms with Crippen molar-refractivity contribution in [2.24, 2.45) is 0 Å². The first-order valence-electron chi connectivity index (χ1n) is 8.35. The average Bonchev–Trinajstić information content (AvgIpc) is 2.65. The van der Waals surface area contributed by atoms with Crippen molar-refractivity contribution < 1.29 is 4.57 Å². The minimum absolute atomic E-state index is 0.408. The van der Waals surface area contributed by atoms with Gasteiger partial charge in [-0.15, -0.1) is 6.58 Å². The van der Waals surface area contributed by atoms with E-state index in [1.54, 1.807) is 6.08 Å². The van der Waals surface area contributed by atoms with Crippen LogP contribution in [0, 0.1) is 0 Å². The zero-order valence-electron chi connectivity index (χ0n) is 14.3.